The molecule has 0 spiro atoms. The molecule has 0 fully saturated rings. The molecular weight excluding hydrogens is 158 g/mol. The van der Waals surface area contributed by atoms with Crippen molar-refractivity contribution in [2.24, 2.45) is 0 Å². The highest BCUT2D eigenvalue weighted by molar-refractivity contribution is 7.06. The number of aromatic nitrogens is 1. The molecule has 1 heterocycles. The molecule has 0 bridgehead atoms. The van der Waals surface area contributed by atoms with E-state index in [0.29, 0.717) is 0 Å². The lowest BCUT2D eigenvalue weighted by Gasteiger charge is -2.13. The highest BCUT2D eigenvalue weighted by Crippen LogP contribution is 2.28. The number of methoxy groups -OCH3 is 1. The fourth-order valence-corrected chi connectivity index (χ4v) is 1.45. The van der Waals surface area contributed by atoms with Gasteiger partial charge in [0.15, 0.2) is 0 Å². The van der Waals surface area contributed by atoms with E-state index >= 15 is 0 Å². The molecule has 0 atom stereocenters. The fourth-order valence-electron chi connectivity index (χ4n) is 0.709. The van der Waals surface area contributed by atoms with Crippen LogP contribution in [0.25, 0.3) is 0 Å². The van der Waals surface area contributed by atoms with E-state index in [9.17, 15) is 0 Å². The van der Waals surface area contributed by atoms with Crippen molar-refractivity contribution < 1.29 is 4.74 Å². The Morgan fingerprint density at radius 1 is 1.45 bits per heavy atom. The Morgan fingerprint density at radius 2 is 2.09 bits per heavy atom. The van der Waals surface area contributed by atoms with Crippen molar-refractivity contribution in [3.63, 3.8) is 0 Å². The van der Waals surface area contributed by atoms with Gasteiger partial charge in [0, 0.05) is 10.9 Å². The quantitative estimate of drug-likeness (QED) is 0.647. The summed E-state index contributed by atoms with van der Waals surface area (Å²) in [5.41, 5.74) is 0.189. The first-order chi connectivity index (χ1) is 5.04. The molecule has 0 radical (unpaired) electrons. The van der Waals surface area contributed by atoms with Crippen molar-refractivity contribution in [2.75, 3.05) is 7.11 Å². The van der Waals surface area contributed by atoms with Crippen LogP contribution in [0.4, 0.5) is 0 Å². The largest absolute Gasteiger partial charge is 0.480 e. The van der Waals surface area contributed by atoms with Crippen LogP contribution in [-0.2, 0) is 5.41 Å². The third-order valence-corrected chi connectivity index (χ3v) is 2.64. The average Bonchev–Trinajstić information content (AvgIpc) is 2.32. The fraction of sp³-hybridized carbons (Fsp3) is 0.625. The molecule has 2 nitrogen and oxygen atoms in total. The highest BCUT2D eigenvalue weighted by Gasteiger charge is 2.17. The molecular formula is C8H13NOS. The maximum Gasteiger partial charge on any atom is 0.225 e. The molecule has 0 aromatic carbocycles. The van der Waals surface area contributed by atoms with Crippen molar-refractivity contribution in [1.82, 2.24) is 4.37 Å². The second-order valence-electron chi connectivity index (χ2n) is 3.48. The Kier molecular flexibility index (Phi) is 2.18. The molecule has 0 unspecified atom stereocenters. The maximum atomic E-state index is 4.99. The van der Waals surface area contributed by atoms with Gasteiger partial charge in [-0.05, 0) is 16.9 Å². The number of rotatable bonds is 1. The van der Waals surface area contributed by atoms with Crippen LogP contribution in [0.1, 0.15) is 25.6 Å². The van der Waals surface area contributed by atoms with E-state index in [4.69, 9.17) is 4.74 Å². The van der Waals surface area contributed by atoms with Gasteiger partial charge >= 0.3 is 0 Å². The second-order valence-corrected chi connectivity index (χ2v) is 4.29. The molecule has 1 aromatic rings. The minimum atomic E-state index is 0.189. The number of hydrogen-bond acceptors (Lipinski definition) is 3. The summed E-state index contributed by atoms with van der Waals surface area (Å²) >= 11 is 1.51. The third-order valence-electron chi connectivity index (χ3n) is 1.44. The van der Waals surface area contributed by atoms with Gasteiger partial charge in [-0.15, -0.1) is 0 Å². The van der Waals surface area contributed by atoms with E-state index in [1.165, 1.54) is 16.4 Å². The smallest absolute Gasteiger partial charge is 0.225 e. The first-order valence-corrected chi connectivity index (χ1v) is 4.32. The molecule has 0 aliphatic rings. The SMILES string of the molecule is COc1cc(C(C)(C)C)sn1. The molecule has 0 aliphatic heterocycles. The lowest BCUT2D eigenvalue weighted by molar-refractivity contribution is 0.402. The van der Waals surface area contributed by atoms with E-state index in [0.717, 1.165) is 5.88 Å². The Hall–Kier alpha value is -0.570. The molecule has 1 rings (SSSR count). The van der Waals surface area contributed by atoms with Crippen LogP contribution in [0, 0.1) is 0 Å². The Labute approximate surface area is 71.4 Å². The van der Waals surface area contributed by atoms with Gasteiger partial charge < -0.3 is 4.74 Å². The second kappa shape index (κ2) is 2.81. The molecule has 3 heteroatoms. The monoisotopic (exact) mass is 171 g/mol. The summed E-state index contributed by atoms with van der Waals surface area (Å²) in [6.07, 6.45) is 0. The first kappa shape index (κ1) is 8.53. The van der Waals surface area contributed by atoms with Crippen LogP contribution in [-0.4, -0.2) is 11.5 Å². The summed E-state index contributed by atoms with van der Waals surface area (Å²) in [5.74, 6) is 0.722. The number of hydrogen-bond donors (Lipinski definition) is 0. The number of nitrogens with zero attached hydrogens (tertiary/aromatic N) is 1. The lowest BCUT2D eigenvalue weighted by atomic mass is 9.95. The van der Waals surface area contributed by atoms with Gasteiger partial charge in [-0.25, -0.2) is 0 Å². The standard InChI is InChI=1S/C8H13NOS/c1-8(2,3)6-5-7(10-4)9-11-6/h5H,1-4H3. The molecule has 11 heavy (non-hydrogen) atoms. The van der Waals surface area contributed by atoms with E-state index in [1.807, 2.05) is 6.07 Å². The van der Waals surface area contributed by atoms with E-state index in [2.05, 4.69) is 25.1 Å². The topological polar surface area (TPSA) is 22.1 Å². The molecule has 0 aliphatic carbocycles. The van der Waals surface area contributed by atoms with E-state index < -0.39 is 0 Å². The number of ether oxygens (including phenoxy) is 1. The van der Waals surface area contributed by atoms with E-state index in [-0.39, 0.29) is 5.41 Å². The first-order valence-electron chi connectivity index (χ1n) is 3.55. The molecule has 0 saturated carbocycles. The van der Waals surface area contributed by atoms with Gasteiger partial charge in [0.05, 0.1) is 7.11 Å². The van der Waals surface area contributed by atoms with E-state index in [1.54, 1.807) is 7.11 Å². The van der Waals surface area contributed by atoms with Gasteiger partial charge in [0.2, 0.25) is 5.88 Å². The minimum Gasteiger partial charge on any atom is -0.480 e. The zero-order valence-corrected chi connectivity index (χ0v) is 8.16. The van der Waals surface area contributed by atoms with Crippen molar-refractivity contribution in [3.05, 3.63) is 10.9 Å². The Morgan fingerprint density at radius 3 is 2.36 bits per heavy atom. The zero-order valence-electron chi connectivity index (χ0n) is 7.34. The van der Waals surface area contributed by atoms with Gasteiger partial charge in [-0.1, -0.05) is 20.8 Å². The van der Waals surface area contributed by atoms with Gasteiger partial charge in [-0.3, -0.25) is 0 Å². The molecule has 0 N–H and O–H groups in total. The van der Waals surface area contributed by atoms with Crippen LogP contribution < -0.4 is 4.74 Å². The summed E-state index contributed by atoms with van der Waals surface area (Å²) < 4.78 is 9.11. The Bertz CT molecular complexity index is 236. The molecule has 0 amide bonds. The Balaban J connectivity index is 2.89. The van der Waals surface area contributed by atoms with Crippen LogP contribution in [0.5, 0.6) is 5.88 Å². The predicted octanol–water partition coefficient (Wildman–Crippen LogP) is 2.45. The lowest BCUT2D eigenvalue weighted by Crippen LogP contribution is -2.07. The van der Waals surface area contributed by atoms with Crippen LogP contribution in [0.3, 0.4) is 0 Å². The molecule has 0 saturated heterocycles. The van der Waals surface area contributed by atoms with Crippen molar-refractivity contribution in [2.45, 2.75) is 26.2 Å². The summed E-state index contributed by atoms with van der Waals surface area (Å²) in [6.45, 7) is 6.50. The van der Waals surface area contributed by atoms with Crippen molar-refractivity contribution in [3.8, 4) is 5.88 Å². The zero-order chi connectivity index (χ0) is 8.48. The third kappa shape index (κ3) is 1.93. The van der Waals surface area contributed by atoms with Gasteiger partial charge in [-0.2, -0.15) is 4.37 Å². The summed E-state index contributed by atoms with van der Waals surface area (Å²) in [7, 11) is 1.64. The minimum absolute atomic E-state index is 0.189. The summed E-state index contributed by atoms with van der Waals surface area (Å²) in [6, 6.07) is 1.99. The average molecular weight is 171 g/mol. The van der Waals surface area contributed by atoms with Crippen LogP contribution >= 0.6 is 11.5 Å². The molecule has 62 valence electrons. The van der Waals surface area contributed by atoms with Crippen molar-refractivity contribution >= 4 is 11.5 Å². The normalized spacial score (nSPS) is 11.6. The van der Waals surface area contributed by atoms with Crippen molar-refractivity contribution in [1.29, 1.82) is 0 Å². The predicted molar refractivity (Wildman–Crippen MR) is 47.4 cm³/mol. The highest BCUT2D eigenvalue weighted by atomic mass is 32.1. The van der Waals surface area contributed by atoms with Crippen LogP contribution in [0.2, 0.25) is 0 Å². The summed E-state index contributed by atoms with van der Waals surface area (Å²) in [4.78, 5) is 1.26. The maximum absolute atomic E-state index is 4.99. The van der Waals surface area contributed by atoms with Gasteiger partial charge in [0.1, 0.15) is 0 Å². The summed E-state index contributed by atoms with van der Waals surface area (Å²) in [5, 5.41) is 0. The molecule has 1 aromatic heterocycles. The van der Waals surface area contributed by atoms with Crippen LogP contribution in [0.15, 0.2) is 6.07 Å². The van der Waals surface area contributed by atoms with Gasteiger partial charge in [0.25, 0.3) is 0 Å².